The van der Waals surface area contributed by atoms with Gasteiger partial charge in [-0.1, -0.05) is 12.1 Å². The SMILES string of the molecule is COc1cc2c(cc1OC)[C@H]1Cc3c(cnn3-c3cccc(C)c3C)C(=O)N1CC2. The van der Waals surface area contributed by atoms with Gasteiger partial charge in [0, 0.05) is 13.0 Å². The Hall–Kier alpha value is -3.28. The summed E-state index contributed by atoms with van der Waals surface area (Å²) in [6.07, 6.45) is 3.25. The smallest absolute Gasteiger partial charge is 0.257 e. The average molecular weight is 403 g/mol. The van der Waals surface area contributed by atoms with Gasteiger partial charge in [-0.25, -0.2) is 4.68 Å². The molecule has 5 rings (SSSR count). The zero-order chi connectivity index (χ0) is 21.0. The van der Waals surface area contributed by atoms with Crippen LogP contribution in [0.4, 0.5) is 0 Å². The molecule has 3 heterocycles. The van der Waals surface area contributed by atoms with Crippen LogP contribution in [0.25, 0.3) is 5.69 Å². The van der Waals surface area contributed by atoms with Crippen molar-refractivity contribution in [2.75, 3.05) is 20.8 Å². The van der Waals surface area contributed by atoms with Crippen LogP contribution in [0.15, 0.2) is 36.5 Å². The molecule has 0 radical (unpaired) electrons. The molecule has 2 aromatic carbocycles. The van der Waals surface area contributed by atoms with Crippen molar-refractivity contribution in [2.45, 2.75) is 32.7 Å². The van der Waals surface area contributed by atoms with Gasteiger partial charge in [0.05, 0.1) is 43.4 Å². The van der Waals surface area contributed by atoms with E-state index in [2.05, 4.69) is 31.1 Å². The highest BCUT2D eigenvalue weighted by Crippen LogP contribution is 2.42. The standard InChI is InChI=1S/C24H25N3O3/c1-14-6-5-7-19(15(14)2)27-21-12-20-17-11-23(30-4)22(29-3)10-16(17)8-9-26(20)24(28)18(21)13-25-27/h5-7,10-11,13,20H,8-9,12H2,1-4H3/t20-/m1/s1. The predicted octanol–water partition coefficient (Wildman–Crippen LogP) is 3.80. The summed E-state index contributed by atoms with van der Waals surface area (Å²) in [7, 11) is 3.29. The molecule has 6 heteroatoms. The first kappa shape index (κ1) is 18.7. The molecular formula is C24H25N3O3. The lowest BCUT2D eigenvalue weighted by Gasteiger charge is -2.40. The minimum Gasteiger partial charge on any atom is -0.493 e. The largest absolute Gasteiger partial charge is 0.493 e. The van der Waals surface area contributed by atoms with E-state index in [1.54, 1.807) is 20.4 Å². The van der Waals surface area contributed by atoms with Crippen molar-refractivity contribution in [3.63, 3.8) is 0 Å². The van der Waals surface area contributed by atoms with E-state index in [0.29, 0.717) is 17.9 Å². The molecule has 30 heavy (non-hydrogen) atoms. The first-order valence-corrected chi connectivity index (χ1v) is 10.2. The van der Waals surface area contributed by atoms with E-state index >= 15 is 0 Å². The van der Waals surface area contributed by atoms with Gasteiger partial charge in [-0.3, -0.25) is 4.79 Å². The number of fused-ring (bicyclic) bond motifs is 4. The van der Waals surface area contributed by atoms with E-state index in [9.17, 15) is 4.79 Å². The Morgan fingerprint density at radius 3 is 2.63 bits per heavy atom. The number of ether oxygens (including phenoxy) is 2. The summed E-state index contributed by atoms with van der Waals surface area (Å²) in [5.41, 5.74) is 7.43. The number of aromatic nitrogens is 2. The second kappa shape index (κ2) is 6.90. The molecule has 0 bridgehead atoms. The number of rotatable bonds is 3. The number of hydrogen-bond donors (Lipinski definition) is 0. The molecule has 2 aliphatic heterocycles. The van der Waals surface area contributed by atoms with Crippen molar-refractivity contribution in [2.24, 2.45) is 0 Å². The lowest BCUT2D eigenvalue weighted by molar-refractivity contribution is 0.0629. The topological polar surface area (TPSA) is 56.6 Å². The number of hydrogen-bond acceptors (Lipinski definition) is 4. The van der Waals surface area contributed by atoms with Crippen molar-refractivity contribution in [1.82, 2.24) is 14.7 Å². The fourth-order valence-electron chi connectivity index (χ4n) is 4.75. The summed E-state index contributed by atoms with van der Waals surface area (Å²) in [6, 6.07) is 10.2. The minimum absolute atomic E-state index is 0.0332. The van der Waals surface area contributed by atoms with E-state index in [0.717, 1.165) is 35.5 Å². The monoisotopic (exact) mass is 403 g/mol. The fraction of sp³-hybridized carbons (Fsp3) is 0.333. The van der Waals surface area contributed by atoms with Crippen LogP contribution >= 0.6 is 0 Å². The molecule has 1 aromatic heterocycles. The molecule has 0 N–H and O–H groups in total. The van der Waals surface area contributed by atoms with Crippen molar-refractivity contribution >= 4 is 5.91 Å². The van der Waals surface area contributed by atoms with Gasteiger partial charge in [0.1, 0.15) is 0 Å². The summed E-state index contributed by atoms with van der Waals surface area (Å²) < 4.78 is 13.0. The Bertz CT molecular complexity index is 1160. The Kier molecular flexibility index (Phi) is 4.31. The van der Waals surface area contributed by atoms with Gasteiger partial charge in [0.2, 0.25) is 0 Å². The molecule has 3 aromatic rings. The van der Waals surface area contributed by atoms with Gasteiger partial charge in [0.25, 0.3) is 5.91 Å². The number of benzene rings is 2. The van der Waals surface area contributed by atoms with Gasteiger partial charge in [-0.2, -0.15) is 5.10 Å². The molecule has 0 unspecified atom stereocenters. The first-order chi connectivity index (χ1) is 14.5. The van der Waals surface area contributed by atoms with Crippen LogP contribution in [0.2, 0.25) is 0 Å². The van der Waals surface area contributed by atoms with Gasteiger partial charge in [-0.05, 0) is 60.7 Å². The highest BCUT2D eigenvalue weighted by atomic mass is 16.5. The summed E-state index contributed by atoms with van der Waals surface area (Å²) in [6.45, 7) is 4.89. The van der Waals surface area contributed by atoms with E-state index in [1.807, 2.05) is 27.8 Å². The second-order valence-electron chi connectivity index (χ2n) is 8.01. The Morgan fingerprint density at radius 2 is 1.87 bits per heavy atom. The second-order valence-corrected chi connectivity index (χ2v) is 8.01. The molecule has 6 nitrogen and oxygen atoms in total. The highest BCUT2D eigenvalue weighted by Gasteiger charge is 2.39. The van der Waals surface area contributed by atoms with Gasteiger partial charge in [-0.15, -0.1) is 0 Å². The molecule has 0 saturated carbocycles. The number of carbonyl (C=O) groups is 1. The lowest BCUT2D eigenvalue weighted by Crippen LogP contribution is -2.44. The van der Waals surface area contributed by atoms with Crippen LogP contribution < -0.4 is 9.47 Å². The number of amides is 1. The Morgan fingerprint density at radius 1 is 1.10 bits per heavy atom. The van der Waals surface area contributed by atoms with Crippen molar-refractivity contribution in [1.29, 1.82) is 0 Å². The van der Waals surface area contributed by atoms with Crippen LogP contribution in [0, 0.1) is 13.8 Å². The van der Waals surface area contributed by atoms with Crippen LogP contribution in [0.1, 0.15) is 44.3 Å². The van der Waals surface area contributed by atoms with Gasteiger partial charge < -0.3 is 14.4 Å². The summed E-state index contributed by atoms with van der Waals surface area (Å²) in [4.78, 5) is 15.3. The molecule has 154 valence electrons. The molecule has 0 spiro atoms. The predicted molar refractivity (Wildman–Crippen MR) is 114 cm³/mol. The van der Waals surface area contributed by atoms with E-state index < -0.39 is 0 Å². The summed E-state index contributed by atoms with van der Waals surface area (Å²) in [5, 5.41) is 4.62. The average Bonchev–Trinajstić information content (AvgIpc) is 3.18. The maximum Gasteiger partial charge on any atom is 0.257 e. The van der Waals surface area contributed by atoms with Crippen LogP contribution in [0.3, 0.4) is 0 Å². The summed E-state index contributed by atoms with van der Waals surface area (Å²) in [5.74, 6) is 1.48. The van der Waals surface area contributed by atoms with Crippen LogP contribution in [0.5, 0.6) is 11.5 Å². The number of aryl methyl sites for hydroxylation is 1. The highest BCUT2D eigenvalue weighted by molar-refractivity contribution is 5.97. The molecule has 2 aliphatic rings. The van der Waals surface area contributed by atoms with Gasteiger partial charge in [0.15, 0.2) is 11.5 Å². The number of nitrogens with zero attached hydrogens (tertiary/aromatic N) is 3. The Balaban J connectivity index is 1.63. The third kappa shape index (κ3) is 2.63. The van der Waals surface area contributed by atoms with Crippen molar-refractivity contribution in [3.05, 3.63) is 70.0 Å². The molecule has 0 aliphatic carbocycles. The van der Waals surface area contributed by atoms with E-state index in [1.165, 1.54) is 16.7 Å². The maximum atomic E-state index is 13.4. The van der Waals surface area contributed by atoms with Crippen molar-refractivity contribution in [3.8, 4) is 17.2 Å². The third-order valence-electron chi connectivity index (χ3n) is 6.55. The lowest BCUT2D eigenvalue weighted by atomic mass is 9.85. The first-order valence-electron chi connectivity index (χ1n) is 10.2. The molecule has 0 saturated heterocycles. The van der Waals surface area contributed by atoms with E-state index in [-0.39, 0.29) is 11.9 Å². The molecular weight excluding hydrogens is 378 g/mol. The van der Waals surface area contributed by atoms with Crippen LogP contribution in [-0.4, -0.2) is 41.4 Å². The zero-order valence-corrected chi connectivity index (χ0v) is 17.7. The quantitative estimate of drug-likeness (QED) is 0.668. The molecule has 1 atom stereocenters. The number of carbonyl (C=O) groups excluding carboxylic acids is 1. The zero-order valence-electron chi connectivity index (χ0n) is 17.7. The normalized spacial score (nSPS) is 17.3. The van der Waals surface area contributed by atoms with Gasteiger partial charge >= 0.3 is 0 Å². The van der Waals surface area contributed by atoms with Crippen LogP contribution in [-0.2, 0) is 12.8 Å². The Labute approximate surface area is 176 Å². The maximum absolute atomic E-state index is 13.4. The minimum atomic E-state index is -0.0332. The fourth-order valence-corrected chi connectivity index (χ4v) is 4.75. The third-order valence-corrected chi connectivity index (χ3v) is 6.55. The number of methoxy groups -OCH3 is 2. The summed E-state index contributed by atoms with van der Waals surface area (Å²) >= 11 is 0. The van der Waals surface area contributed by atoms with Crippen molar-refractivity contribution < 1.29 is 14.3 Å². The molecule has 0 fully saturated rings. The van der Waals surface area contributed by atoms with E-state index in [4.69, 9.17) is 9.47 Å². The molecule has 1 amide bonds.